The van der Waals surface area contributed by atoms with Gasteiger partial charge >= 0.3 is 0 Å². The fourth-order valence-corrected chi connectivity index (χ4v) is 6.87. The predicted molar refractivity (Wildman–Crippen MR) is 126 cm³/mol. The first-order valence-corrected chi connectivity index (χ1v) is 13.6. The maximum absolute atomic E-state index is 13.1. The van der Waals surface area contributed by atoms with Crippen LogP contribution in [0.25, 0.3) is 0 Å². The largest absolute Gasteiger partial charge is 0.353 e. The van der Waals surface area contributed by atoms with Crippen molar-refractivity contribution >= 4 is 16.1 Å². The molecule has 3 heterocycles. The molecule has 0 unspecified atom stereocenters. The molecule has 7 nitrogen and oxygen atoms in total. The molecule has 4 rings (SSSR count). The van der Waals surface area contributed by atoms with Gasteiger partial charge in [0.2, 0.25) is 5.91 Å². The molecule has 3 fully saturated rings. The summed E-state index contributed by atoms with van der Waals surface area (Å²) in [5, 5.41) is 3.23. The maximum Gasteiger partial charge on any atom is 0.281 e. The number of hydrogen-bond acceptors (Lipinski definition) is 4. The van der Waals surface area contributed by atoms with E-state index in [4.69, 9.17) is 0 Å². The quantitative estimate of drug-likeness (QED) is 0.705. The van der Waals surface area contributed by atoms with Gasteiger partial charge in [-0.25, -0.2) is 0 Å². The van der Waals surface area contributed by atoms with Gasteiger partial charge in [-0.2, -0.15) is 17.0 Å². The predicted octanol–water partition coefficient (Wildman–Crippen LogP) is 2.46. The second kappa shape index (κ2) is 10.6. The molecule has 1 atom stereocenters. The van der Waals surface area contributed by atoms with Gasteiger partial charge in [-0.15, -0.1) is 0 Å². The lowest BCUT2D eigenvalue weighted by molar-refractivity contribution is -0.127. The van der Waals surface area contributed by atoms with Crippen LogP contribution >= 0.6 is 0 Å². The zero-order valence-corrected chi connectivity index (χ0v) is 20.1. The summed E-state index contributed by atoms with van der Waals surface area (Å²) in [7, 11) is -3.47. The van der Waals surface area contributed by atoms with Crippen LogP contribution in [0.5, 0.6) is 0 Å². The molecule has 3 aliphatic rings. The normalized spacial score (nSPS) is 25.6. The first-order chi connectivity index (χ1) is 15.4. The maximum atomic E-state index is 13.1. The van der Waals surface area contributed by atoms with E-state index in [1.165, 1.54) is 5.56 Å². The molecule has 0 radical (unpaired) electrons. The van der Waals surface area contributed by atoms with E-state index in [1.807, 2.05) is 6.07 Å². The molecule has 0 saturated carbocycles. The smallest absolute Gasteiger partial charge is 0.281 e. The van der Waals surface area contributed by atoms with E-state index < -0.39 is 10.2 Å². The number of benzene rings is 1. The Labute approximate surface area is 193 Å². The summed E-state index contributed by atoms with van der Waals surface area (Å²) in [5.41, 5.74) is 1.32. The lowest BCUT2D eigenvalue weighted by atomic mass is 9.97. The highest BCUT2D eigenvalue weighted by atomic mass is 32.2. The summed E-state index contributed by atoms with van der Waals surface area (Å²) < 4.78 is 29.4. The fraction of sp³-hybridized carbons (Fsp3) is 0.708. The minimum atomic E-state index is -3.47. The van der Waals surface area contributed by atoms with E-state index >= 15 is 0 Å². The highest BCUT2D eigenvalue weighted by Crippen LogP contribution is 2.25. The second-order valence-electron chi connectivity index (χ2n) is 9.83. The van der Waals surface area contributed by atoms with Crippen molar-refractivity contribution in [3.05, 3.63) is 35.9 Å². The minimum Gasteiger partial charge on any atom is -0.353 e. The van der Waals surface area contributed by atoms with Crippen molar-refractivity contribution in [2.45, 2.75) is 58.0 Å². The Morgan fingerprint density at radius 3 is 2.31 bits per heavy atom. The molecule has 1 aromatic rings. The Hall–Kier alpha value is -1.48. The molecule has 8 heteroatoms. The van der Waals surface area contributed by atoms with E-state index in [1.54, 1.807) is 8.61 Å². The molecular formula is C24H38N4O3S. The van der Waals surface area contributed by atoms with Crippen molar-refractivity contribution < 1.29 is 13.2 Å². The molecule has 0 bridgehead atoms. The van der Waals surface area contributed by atoms with Crippen LogP contribution in [0, 0.1) is 11.8 Å². The molecule has 1 aromatic carbocycles. The van der Waals surface area contributed by atoms with Crippen LogP contribution in [0.2, 0.25) is 0 Å². The first kappa shape index (κ1) is 23.7. The van der Waals surface area contributed by atoms with Gasteiger partial charge in [0.15, 0.2) is 0 Å². The second-order valence-corrected chi connectivity index (χ2v) is 11.8. The van der Waals surface area contributed by atoms with Crippen LogP contribution < -0.4 is 5.32 Å². The Morgan fingerprint density at radius 1 is 0.938 bits per heavy atom. The SMILES string of the molecule is CC1CCN(S(=O)(=O)N2CCC[C@@H](C(=O)NC3CCN(Cc4ccccc4)CC3)C2)CC1. The zero-order chi connectivity index (χ0) is 22.6. The van der Waals surface area contributed by atoms with E-state index in [-0.39, 0.29) is 17.9 Å². The number of nitrogens with zero attached hydrogens (tertiary/aromatic N) is 3. The summed E-state index contributed by atoms with van der Waals surface area (Å²) in [5.74, 6) is 0.365. The lowest BCUT2D eigenvalue weighted by Gasteiger charge is -2.38. The number of carbonyl (C=O) groups excluding carboxylic acids is 1. The first-order valence-electron chi connectivity index (χ1n) is 12.2. The third-order valence-electron chi connectivity index (χ3n) is 7.33. The summed E-state index contributed by atoms with van der Waals surface area (Å²) in [6, 6.07) is 10.7. The van der Waals surface area contributed by atoms with E-state index in [0.29, 0.717) is 32.1 Å². The number of nitrogens with one attached hydrogen (secondary N) is 1. The topological polar surface area (TPSA) is 73.0 Å². The number of carbonyl (C=O) groups is 1. The summed E-state index contributed by atoms with van der Waals surface area (Å²) >= 11 is 0. The number of hydrogen-bond donors (Lipinski definition) is 1. The summed E-state index contributed by atoms with van der Waals surface area (Å²) in [6.45, 7) is 7.10. The Morgan fingerprint density at radius 2 is 1.62 bits per heavy atom. The van der Waals surface area contributed by atoms with Gasteiger partial charge in [0.1, 0.15) is 0 Å². The molecule has 3 saturated heterocycles. The van der Waals surface area contributed by atoms with E-state index in [2.05, 4.69) is 41.4 Å². The average molecular weight is 463 g/mol. The number of likely N-dealkylation sites (tertiary alicyclic amines) is 1. The monoisotopic (exact) mass is 462 g/mol. The van der Waals surface area contributed by atoms with Crippen molar-refractivity contribution in [3.63, 3.8) is 0 Å². The van der Waals surface area contributed by atoms with Crippen LogP contribution in [0.15, 0.2) is 30.3 Å². The third kappa shape index (κ3) is 5.90. The van der Waals surface area contributed by atoms with Gasteiger partial charge in [0.05, 0.1) is 5.92 Å². The van der Waals surface area contributed by atoms with Gasteiger partial charge in [-0.3, -0.25) is 9.69 Å². The Kier molecular flexibility index (Phi) is 7.87. The van der Waals surface area contributed by atoms with Gasteiger partial charge in [-0.05, 0) is 50.0 Å². The highest BCUT2D eigenvalue weighted by Gasteiger charge is 2.37. The molecule has 1 amide bonds. The third-order valence-corrected chi connectivity index (χ3v) is 9.34. The lowest BCUT2D eigenvalue weighted by Crippen LogP contribution is -2.53. The molecule has 0 spiro atoms. The van der Waals surface area contributed by atoms with Gasteiger partial charge in [0.25, 0.3) is 10.2 Å². The average Bonchev–Trinajstić information content (AvgIpc) is 2.81. The van der Waals surface area contributed by atoms with Crippen LogP contribution in [0.3, 0.4) is 0 Å². The molecule has 1 N–H and O–H groups in total. The van der Waals surface area contributed by atoms with Crippen molar-refractivity contribution in [3.8, 4) is 0 Å². The van der Waals surface area contributed by atoms with Crippen molar-refractivity contribution in [1.82, 2.24) is 18.8 Å². The van der Waals surface area contributed by atoms with Crippen LogP contribution in [0.1, 0.15) is 51.0 Å². The molecule has 0 aliphatic carbocycles. The molecule has 32 heavy (non-hydrogen) atoms. The molecule has 0 aromatic heterocycles. The van der Waals surface area contributed by atoms with Crippen LogP contribution in [-0.2, 0) is 21.5 Å². The van der Waals surface area contributed by atoms with E-state index in [9.17, 15) is 13.2 Å². The van der Waals surface area contributed by atoms with Gasteiger partial charge < -0.3 is 5.32 Å². The highest BCUT2D eigenvalue weighted by molar-refractivity contribution is 7.86. The number of rotatable bonds is 6. The van der Waals surface area contributed by atoms with Crippen molar-refractivity contribution in [2.24, 2.45) is 11.8 Å². The number of piperidine rings is 3. The molecular weight excluding hydrogens is 424 g/mol. The standard InChI is InChI=1S/C24H38N4O3S/c1-20-9-16-27(17-10-20)32(30,31)28-13-5-8-22(19-28)24(29)25-23-11-14-26(15-12-23)18-21-6-3-2-4-7-21/h2-4,6-7,20,22-23H,5,8-19H2,1H3,(H,25,29)/t22-/m1/s1. The summed E-state index contributed by atoms with van der Waals surface area (Å²) in [4.78, 5) is 15.4. The van der Waals surface area contributed by atoms with Crippen molar-refractivity contribution in [1.29, 1.82) is 0 Å². The minimum absolute atomic E-state index is 0.0266. The van der Waals surface area contributed by atoms with Crippen LogP contribution in [0.4, 0.5) is 0 Å². The van der Waals surface area contributed by atoms with Gasteiger partial charge in [0, 0.05) is 51.9 Å². The van der Waals surface area contributed by atoms with Gasteiger partial charge in [-0.1, -0.05) is 37.3 Å². The zero-order valence-electron chi connectivity index (χ0n) is 19.3. The fourth-order valence-electron chi connectivity index (χ4n) is 5.14. The molecule has 3 aliphatic heterocycles. The van der Waals surface area contributed by atoms with Crippen molar-refractivity contribution in [2.75, 3.05) is 39.3 Å². The van der Waals surface area contributed by atoms with E-state index in [0.717, 1.165) is 58.2 Å². The summed E-state index contributed by atoms with van der Waals surface area (Å²) in [6.07, 6.45) is 5.23. The number of amides is 1. The van der Waals surface area contributed by atoms with Crippen LogP contribution in [-0.4, -0.2) is 73.1 Å². The molecule has 178 valence electrons. The Balaban J connectivity index is 1.25. The Bertz CT molecular complexity index is 847.